The van der Waals surface area contributed by atoms with E-state index in [1.807, 2.05) is 65.6 Å². The second-order valence-electron chi connectivity index (χ2n) is 7.65. The molecule has 2 aromatic rings. The first-order chi connectivity index (χ1) is 14.2. The monoisotopic (exact) mass is 410 g/mol. The number of rotatable bonds is 6. The lowest BCUT2D eigenvalue weighted by atomic mass is 9.86. The van der Waals surface area contributed by atoms with Gasteiger partial charge in [0, 0.05) is 24.4 Å². The molecule has 0 saturated carbocycles. The molecule has 29 heavy (non-hydrogen) atoms. The van der Waals surface area contributed by atoms with Crippen molar-refractivity contribution in [3.05, 3.63) is 66.2 Å². The molecule has 152 valence electrons. The molecule has 2 aliphatic rings. The predicted octanol–water partition coefficient (Wildman–Crippen LogP) is 3.89. The van der Waals surface area contributed by atoms with Gasteiger partial charge < -0.3 is 4.90 Å². The van der Waals surface area contributed by atoms with Crippen LogP contribution in [0.1, 0.15) is 31.2 Å². The molecule has 2 amide bonds. The number of thioether (sulfide) groups is 1. The predicted molar refractivity (Wildman–Crippen MR) is 113 cm³/mol. The number of nitrogens with zero attached hydrogens (tertiary/aromatic N) is 2. The van der Waals surface area contributed by atoms with E-state index in [0.29, 0.717) is 31.9 Å². The van der Waals surface area contributed by atoms with E-state index in [2.05, 4.69) is 0 Å². The van der Waals surface area contributed by atoms with Gasteiger partial charge in [-0.05, 0) is 37.0 Å². The summed E-state index contributed by atoms with van der Waals surface area (Å²) in [5.41, 5.74) is 0.780. The zero-order chi connectivity index (χ0) is 20.1. The third-order valence-corrected chi connectivity index (χ3v) is 6.81. The van der Waals surface area contributed by atoms with E-state index >= 15 is 0 Å². The number of benzene rings is 2. The van der Waals surface area contributed by atoms with E-state index in [1.165, 1.54) is 0 Å². The minimum absolute atomic E-state index is 0.0559. The number of hydrogen-bond donors (Lipinski definition) is 0. The number of carbonyl (C=O) groups is 2. The van der Waals surface area contributed by atoms with Gasteiger partial charge in [0.25, 0.3) is 0 Å². The molecule has 4 rings (SSSR count). The second-order valence-corrected chi connectivity index (χ2v) is 8.70. The average Bonchev–Trinajstić information content (AvgIpc) is 3.07. The fraction of sp³-hybridized carbons (Fsp3) is 0.391. The molecule has 0 atom stereocenters. The van der Waals surface area contributed by atoms with Crippen molar-refractivity contribution in [1.82, 2.24) is 9.96 Å². The van der Waals surface area contributed by atoms with Gasteiger partial charge in [-0.3, -0.25) is 14.4 Å². The number of likely N-dealkylation sites (tertiary alicyclic amines) is 1. The van der Waals surface area contributed by atoms with Crippen molar-refractivity contribution in [3.63, 3.8) is 0 Å². The van der Waals surface area contributed by atoms with Crippen LogP contribution in [-0.4, -0.2) is 46.2 Å². The number of carbonyl (C=O) groups excluding carboxylic acids is 2. The molecule has 0 aromatic heterocycles. The molecule has 6 heteroatoms. The molecule has 1 spiro atoms. The van der Waals surface area contributed by atoms with Gasteiger partial charge in [-0.1, -0.05) is 48.5 Å². The quantitative estimate of drug-likeness (QED) is 0.678. The van der Waals surface area contributed by atoms with Crippen LogP contribution in [0, 0.1) is 0 Å². The maximum absolute atomic E-state index is 12.6. The molecule has 0 unspecified atom stereocenters. The molecule has 0 bridgehead atoms. The first-order valence-corrected chi connectivity index (χ1v) is 11.1. The zero-order valence-electron chi connectivity index (χ0n) is 16.5. The van der Waals surface area contributed by atoms with E-state index in [9.17, 15) is 9.59 Å². The molecule has 2 saturated heterocycles. The summed E-state index contributed by atoms with van der Waals surface area (Å²) in [6, 6.07) is 19.9. The van der Waals surface area contributed by atoms with Crippen LogP contribution in [0.5, 0.6) is 0 Å². The van der Waals surface area contributed by atoms with Crippen LogP contribution in [0.4, 0.5) is 0 Å². The van der Waals surface area contributed by atoms with Crippen LogP contribution in [-0.2, 0) is 21.0 Å². The first kappa shape index (κ1) is 20.0. The average molecular weight is 411 g/mol. The standard InChI is InChI=1S/C23H26N2O3S/c26-21-11-12-23(25(21)28-17-19-7-3-1-4-8-19)13-15-24(16-14-23)22(27)18-29-20-9-5-2-6-10-20/h1-10H,11-18H2. The highest BCUT2D eigenvalue weighted by Crippen LogP contribution is 2.39. The summed E-state index contributed by atoms with van der Waals surface area (Å²) in [6.45, 7) is 1.74. The van der Waals surface area contributed by atoms with Crippen molar-refractivity contribution in [1.29, 1.82) is 0 Å². The Labute approximate surface area is 176 Å². The topological polar surface area (TPSA) is 49.9 Å². The van der Waals surface area contributed by atoms with Gasteiger partial charge in [0.05, 0.1) is 11.3 Å². The van der Waals surface area contributed by atoms with Gasteiger partial charge in [0.2, 0.25) is 11.8 Å². The van der Waals surface area contributed by atoms with Crippen LogP contribution >= 0.6 is 11.8 Å². The molecule has 0 aliphatic carbocycles. The number of hydrogen-bond acceptors (Lipinski definition) is 4. The van der Waals surface area contributed by atoms with Gasteiger partial charge in [-0.15, -0.1) is 11.8 Å². The molecule has 2 aromatic carbocycles. The summed E-state index contributed by atoms with van der Waals surface area (Å²) < 4.78 is 0. The van der Waals surface area contributed by atoms with E-state index in [0.717, 1.165) is 29.7 Å². The van der Waals surface area contributed by atoms with Crippen molar-refractivity contribution in [2.24, 2.45) is 0 Å². The van der Waals surface area contributed by atoms with Crippen molar-refractivity contribution in [3.8, 4) is 0 Å². The molecule has 5 nitrogen and oxygen atoms in total. The van der Waals surface area contributed by atoms with Gasteiger partial charge >= 0.3 is 0 Å². The van der Waals surface area contributed by atoms with Gasteiger partial charge in [0.1, 0.15) is 6.61 Å². The minimum atomic E-state index is -0.269. The van der Waals surface area contributed by atoms with Crippen molar-refractivity contribution in [2.45, 2.75) is 42.7 Å². The third-order valence-electron chi connectivity index (χ3n) is 5.82. The summed E-state index contributed by atoms with van der Waals surface area (Å²) in [5.74, 6) is 0.666. The Morgan fingerprint density at radius 2 is 1.62 bits per heavy atom. The van der Waals surface area contributed by atoms with Crippen LogP contribution in [0.2, 0.25) is 0 Å². The molecule has 2 heterocycles. The number of amides is 2. The minimum Gasteiger partial charge on any atom is -0.342 e. The Morgan fingerprint density at radius 3 is 2.31 bits per heavy atom. The smallest absolute Gasteiger partial charge is 0.246 e. The molecule has 0 N–H and O–H groups in total. The van der Waals surface area contributed by atoms with Crippen LogP contribution < -0.4 is 0 Å². The highest BCUT2D eigenvalue weighted by Gasteiger charge is 2.48. The number of piperidine rings is 1. The van der Waals surface area contributed by atoms with E-state index in [1.54, 1.807) is 16.8 Å². The summed E-state index contributed by atoms with van der Waals surface area (Å²) in [7, 11) is 0. The highest BCUT2D eigenvalue weighted by atomic mass is 32.2. The van der Waals surface area contributed by atoms with E-state index in [-0.39, 0.29) is 17.4 Å². The Hall–Kier alpha value is -2.31. The van der Waals surface area contributed by atoms with Gasteiger partial charge in [-0.25, -0.2) is 5.06 Å². The van der Waals surface area contributed by atoms with Crippen LogP contribution in [0.15, 0.2) is 65.6 Å². The Bertz CT molecular complexity index is 836. The van der Waals surface area contributed by atoms with Gasteiger partial charge in [-0.2, -0.15) is 0 Å². The normalized spacial score (nSPS) is 18.4. The molecule has 2 aliphatic heterocycles. The largest absolute Gasteiger partial charge is 0.342 e. The maximum atomic E-state index is 12.6. The fourth-order valence-electron chi connectivity index (χ4n) is 4.11. The fourth-order valence-corrected chi connectivity index (χ4v) is 4.93. The third kappa shape index (κ3) is 4.65. The van der Waals surface area contributed by atoms with Crippen molar-refractivity contribution >= 4 is 23.6 Å². The summed E-state index contributed by atoms with van der Waals surface area (Å²) in [5, 5.41) is 1.63. The van der Waals surface area contributed by atoms with Gasteiger partial charge in [0.15, 0.2) is 0 Å². The van der Waals surface area contributed by atoms with E-state index in [4.69, 9.17) is 4.84 Å². The van der Waals surface area contributed by atoms with Crippen LogP contribution in [0.3, 0.4) is 0 Å². The maximum Gasteiger partial charge on any atom is 0.246 e. The molecular formula is C23H26N2O3S. The Balaban J connectivity index is 1.31. The molecule has 0 radical (unpaired) electrons. The first-order valence-electron chi connectivity index (χ1n) is 10.1. The summed E-state index contributed by atoms with van der Waals surface area (Å²) in [6.07, 6.45) is 2.87. The van der Waals surface area contributed by atoms with Crippen molar-refractivity contribution < 1.29 is 14.4 Å². The Kier molecular flexibility index (Phi) is 6.21. The lowest BCUT2D eigenvalue weighted by Gasteiger charge is -2.43. The Morgan fingerprint density at radius 1 is 0.966 bits per heavy atom. The molecular weight excluding hydrogens is 384 g/mol. The highest BCUT2D eigenvalue weighted by molar-refractivity contribution is 8.00. The van der Waals surface area contributed by atoms with E-state index < -0.39 is 0 Å². The summed E-state index contributed by atoms with van der Waals surface area (Å²) >= 11 is 1.57. The lowest BCUT2D eigenvalue weighted by molar-refractivity contribution is -0.222. The SMILES string of the molecule is O=C(CSc1ccccc1)N1CCC2(CCC(=O)N2OCc2ccccc2)CC1. The number of hydroxylamine groups is 2. The summed E-state index contributed by atoms with van der Waals surface area (Å²) in [4.78, 5) is 34.1. The zero-order valence-corrected chi connectivity index (χ0v) is 17.3. The molecule has 2 fully saturated rings. The van der Waals surface area contributed by atoms with Crippen LogP contribution in [0.25, 0.3) is 0 Å². The van der Waals surface area contributed by atoms with Crippen molar-refractivity contribution in [2.75, 3.05) is 18.8 Å². The second kappa shape index (κ2) is 9.01. The lowest BCUT2D eigenvalue weighted by Crippen LogP contribution is -2.54.